The standard InChI is InChI=1S/C30H36N6O4/c1-21-7-3-4-9-23(21)18-35-20-32-25-17-26(29(38)33-11-6-12-34(14-13-33)30(31)39)36(19-27(25)35)28(37)16-22-8-5-10-24(15-22)40-2/h3-5,7-10,15,20,26H,6,11-14,16-19H2,1-2H3,(H2,31,39). The number of carbonyl (C=O) groups excluding carboxylic acids is 3. The molecule has 0 spiro atoms. The van der Waals surface area contributed by atoms with Crippen LogP contribution in [-0.2, 0) is 35.5 Å². The smallest absolute Gasteiger partial charge is 0.314 e. The zero-order valence-corrected chi connectivity index (χ0v) is 23.1. The molecule has 40 heavy (non-hydrogen) atoms. The number of primary amides is 1. The summed E-state index contributed by atoms with van der Waals surface area (Å²) in [4.78, 5) is 49.2. The Hall–Kier alpha value is -4.34. The van der Waals surface area contributed by atoms with E-state index in [1.54, 1.807) is 21.8 Å². The average molecular weight is 545 g/mol. The van der Waals surface area contributed by atoms with Gasteiger partial charge < -0.3 is 29.7 Å². The molecule has 10 nitrogen and oxygen atoms in total. The molecule has 3 aromatic rings. The molecule has 2 aromatic carbocycles. The second-order valence-electron chi connectivity index (χ2n) is 10.5. The van der Waals surface area contributed by atoms with E-state index in [0.717, 1.165) is 17.0 Å². The summed E-state index contributed by atoms with van der Waals surface area (Å²) < 4.78 is 7.43. The van der Waals surface area contributed by atoms with Crippen molar-refractivity contribution in [2.75, 3.05) is 33.3 Å². The predicted octanol–water partition coefficient (Wildman–Crippen LogP) is 2.36. The fourth-order valence-electron chi connectivity index (χ4n) is 5.58. The molecule has 210 valence electrons. The van der Waals surface area contributed by atoms with Crippen LogP contribution < -0.4 is 10.5 Å². The molecule has 2 aliphatic heterocycles. The summed E-state index contributed by atoms with van der Waals surface area (Å²) >= 11 is 0. The first-order valence-electron chi connectivity index (χ1n) is 13.7. The van der Waals surface area contributed by atoms with Crippen LogP contribution in [0.25, 0.3) is 0 Å². The third-order valence-corrected chi connectivity index (χ3v) is 7.93. The Morgan fingerprint density at radius 3 is 2.58 bits per heavy atom. The summed E-state index contributed by atoms with van der Waals surface area (Å²) in [6.07, 6.45) is 2.94. The van der Waals surface area contributed by atoms with E-state index in [0.29, 0.717) is 57.9 Å². The first-order chi connectivity index (χ1) is 19.3. The molecule has 1 saturated heterocycles. The number of urea groups is 1. The number of nitrogens with two attached hydrogens (primary N) is 1. The fourth-order valence-corrected chi connectivity index (χ4v) is 5.58. The van der Waals surface area contributed by atoms with Gasteiger partial charge in [0.2, 0.25) is 11.8 Å². The van der Waals surface area contributed by atoms with Crippen LogP contribution in [0.2, 0.25) is 0 Å². The lowest BCUT2D eigenvalue weighted by Gasteiger charge is -2.37. The number of aryl methyl sites for hydroxylation is 1. The molecule has 1 fully saturated rings. The van der Waals surface area contributed by atoms with Crippen LogP contribution in [0.4, 0.5) is 4.79 Å². The van der Waals surface area contributed by atoms with Crippen molar-refractivity contribution in [2.45, 2.75) is 45.3 Å². The van der Waals surface area contributed by atoms with Crippen LogP contribution >= 0.6 is 0 Å². The normalized spacial score (nSPS) is 17.2. The lowest BCUT2D eigenvalue weighted by Crippen LogP contribution is -2.55. The second kappa shape index (κ2) is 11.8. The van der Waals surface area contributed by atoms with Crippen molar-refractivity contribution < 1.29 is 19.1 Å². The highest BCUT2D eigenvalue weighted by atomic mass is 16.5. The van der Waals surface area contributed by atoms with Gasteiger partial charge in [-0.15, -0.1) is 0 Å². The quantitative estimate of drug-likeness (QED) is 0.512. The van der Waals surface area contributed by atoms with Gasteiger partial charge in [-0.2, -0.15) is 0 Å². The van der Waals surface area contributed by atoms with Crippen LogP contribution in [0, 0.1) is 6.92 Å². The van der Waals surface area contributed by atoms with E-state index in [4.69, 9.17) is 10.5 Å². The number of imidazole rings is 1. The zero-order chi connectivity index (χ0) is 28.2. The van der Waals surface area contributed by atoms with Gasteiger partial charge in [0.1, 0.15) is 11.8 Å². The molecule has 10 heteroatoms. The Balaban J connectivity index is 1.42. The summed E-state index contributed by atoms with van der Waals surface area (Å²) in [6, 6.07) is 14.5. The van der Waals surface area contributed by atoms with E-state index < -0.39 is 12.1 Å². The lowest BCUT2D eigenvalue weighted by atomic mass is 9.99. The lowest BCUT2D eigenvalue weighted by molar-refractivity contribution is -0.146. The van der Waals surface area contributed by atoms with Crippen LogP contribution in [0.5, 0.6) is 5.75 Å². The number of rotatable bonds is 6. The molecular formula is C30H36N6O4. The minimum Gasteiger partial charge on any atom is -0.497 e. The Kier molecular flexibility index (Phi) is 8.04. The Bertz CT molecular complexity index is 1400. The number of benzene rings is 2. The SMILES string of the molecule is COc1cccc(CC(=O)N2Cc3c(ncn3Cc3ccccc3C)CC2C(=O)N2CCCN(C(N)=O)CC2)c1. The number of carbonyl (C=O) groups is 3. The molecule has 2 N–H and O–H groups in total. The third kappa shape index (κ3) is 5.80. The molecule has 3 heterocycles. The molecule has 0 bridgehead atoms. The first-order valence-corrected chi connectivity index (χ1v) is 13.7. The molecule has 1 aromatic heterocycles. The molecule has 0 saturated carbocycles. The van der Waals surface area contributed by atoms with E-state index in [1.165, 1.54) is 11.1 Å². The van der Waals surface area contributed by atoms with Crippen molar-refractivity contribution in [3.63, 3.8) is 0 Å². The monoisotopic (exact) mass is 544 g/mol. The van der Waals surface area contributed by atoms with Crippen LogP contribution in [0.1, 0.15) is 34.5 Å². The minimum absolute atomic E-state index is 0.121. The van der Waals surface area contributed by atoms with Crippen LogP contribution in [0.15, 0.2) is 54.9 Å². The highest BCUT2D eigenvalue weighted by Crippen LogP contribution is 2.27. The Morgan fingerprint density at radius 2 is 1.80 bits per heavy atom. The number of nitrogens with zero attached hydrogens (tertiary/aromatic N) is 5. The summed E-state index contributed by atoms with van der Waals surface area (Å²) in [5, 5.41) is 0. The molecule has 5 rings (SSSR count). The van der Waals surface area contributed by atoms with Gasteiger partial charge in [-0.3, -0.25) is 9.59 Å². The van der Waals surface area contributed by atoms with E-state index in [9.17, 15) is 14.4 Å². The van der Waals surface area contributed by atoms with Gasteiger partial charge in [-0.25, -0.2) is 9.78 Å². The zero-order valence-electron chi connectivity index (χ0n) is 23.1. The largest absolute Gasteiger partial charge is 0.497 e. The Morgan fingerprint density at radius 1 is 1.02 bits per heavy atom. The molecular weight excluding hydrogens is 508 g/mol. The molecule has 1 unspecified atom stereocenters. The number of fused-ring (bicyclic) bond motifs is 1. The maximum Gasteiger partial charge on any atom is 0.314 e. The van der Waals surface area contributed by atoms with Crippen LogP contribution in [-0.4, -0.2) is 81.4 Å². The van der Waals surface area contributed by atoms with E-state index in [1.807, 2.05) is 42.7 Å². The topological polar surface area (TPSA) is 114 Å². The summed E-state index contributed by atoms with van der Waals surface area (Å²) in [5.41, 5.74) is 10.5. The van der Waals surface area contributed by atoms with Crippen molar-refractivity contribution in [3.8, 4) is 5.75 Å². The molecule has 0 aliphatic carbocycles. The van der Waals surface area contributed by atoms with Crippen LogP contribution in [0.3, 0.4) is 0 Å². The highest BCUT2D eigenvalue weighted by Gasteiger charge is 2.39. The molecule has 1 atom stereocenters. The van der Waals surface area contributed by atoms with Gasteiger partial charge in [-0.05, 0) is 42.2 Å². The Labute approximate surface area is 234 Å². The molecule has 0 radical (unpaired) electrons. The number of methoxy groups -OCH3 is 1. The van der Waals surface area contributed by atoms with Gasteiger partial charge in [0.15, 0.2) is 0 Å². The van der Waals surface area contributed by atoms with Gasteiger partial charge in [0.05, 0.1) is 37.8 Å². The van der Waals surface area contributed by atoms with E-state index >= 15 is 0 Å². The maximum absolute atomic E-state index is 13.9. The fraction of sp³-hybridized carbons (Fsp3) is 0.400. The van der Waals surface area contributed by atoms with Gasteiger partial charge in [0, 0.05) is 39.1 Å². The maximum atomic E-state index is 13.9. The molecule has 4 amide bonds. The summed E-state index contributed by atoms with van der Waals surface area (Å²) in [5.74, 6) is 0.428. The minimum atomic E-state index is -0.674. The first kappa shape index (κ1) is 27.2. The van der Waals surface area contributed by atoms with Gasteiger partial charge >= 0.3 is 6.03 Å². The van der Waals surface area contributed by atoms with E-state index in [-0.39, 0.29) is 18.2 Å². The van der Waals surface area contributed by atoms with Crippen molar-refractivity contribution in [1.82, 2.24) is 24.3 Å². The van der Waals surface area contributed by atoms with Crippen molar-refractivity contribution >= 4 is 17.8 Å². The summed E-state index contributed by atoms with van der Waals surface area (Å²) in [7, 11) is 1.60. The number of ether oxygens (including phenoxy) is 1. The van der Waals surface area contributed by atoms with Crippen molar-refractivity contribution in [2.24, 2.45) is 5.73 Å². The second-order valence-corrected chi connectivity index (χ2v) is 10.5. The number of hydrogen-bond donors (Lipinski definition) is 1. The third-order valence-electron chi connectivity index (χ3n) is 7.93. The number of aromatic nitrogens is 2. The van der Waals surface area contributed by atoms with E-state index in [2.05, 4.69) is 28.6 Å². The van der Waals surface area contributed by atoms with Gasteiger partial charge in [-0.1, -0.05) is 36.4 Å². The number of hydrogen-bond acceptors (Lipinski definition) is 5. The predicted molar refractivity (Wildman–Crippen MR) is 150 cm³/mol. The highest BCUT2D eigenvalue weighted by molar-refractivity contribution is 5.89. The average Bonchev–Trinajstić information content (AvgIpc) is 3.17. The number of amides is 4. The molecule has 2 aliphatic rings. The van der Waals surface area contributed by atoms with Crippen molar-refractivity contribution in [3.05, 3.63) is 82.9 Å². The van der Waals surface area contributed by atoms with Gasteiger partial charge in [0.25, 0.3) is 0 Å². The summed E-state index contributed by atoms with van der Waals surface area (Å²) in [6.45, 7) is 4.79. The van der Waals surface area contributed by atoms with Crippen molar-refractivity contribution in [1.29, 1.82) is 0 Å².